The van der Waals surface area contributed by atoms with Crippen molar-refractivity contribution in [3.05, 3.63) is 16.1 Å². The normalized spacial score (nSPS) is 20.7. The van der Waals surface area contributed by atoms with Crippen LogP contribution in [0.1, 0.15) is 27.5 Å². The molecule has 1 amide bonds. The first-order valence-electron chi connectivity index (χ1n) is 5.67. The molecule has 0 spiro atoms. The van der Waals surface area contributed by atoms with Crippen LogP contribution >= 0.6 is 11.3 Å². The molecular formula is C11H17N3OS. The van der Waals surface area contributed by atoms with Crippen LogP contribution in [0.3, 0.4) is 0 Å². The Morgan fingerprint density at radius 2 is 2.62 bits per heavy atom. The smallest absolute Gasteiger partial charge is 0.263 e. The Morgan fingerprint density at radius 1 is 1.75 bits per heavy atom. The van der Waals surface area contributed by atoms with Gasteiger partial charge in [0.25, 0.3) is 5.91 Å². The summed E-state index contributed by atoms with van der Waals surface area (Å²) in [6.07, 6.45) is 4.06. The van der Waals surface area contributed by atoms with Crippen molar-refractivity contribution < 1.29 is 4.79 Å². The van der Waals surface area contributed by atoms with Crippen molar-refractivity contribution in [3.8, 4) is 0 Å². The zero-order valence-corrected chi connectivity index (χ0v) is 10.3. The molecule has 2 N–H and O–H groups in total. The Labute approximate surface area is 99.5 Å². The molecule has 0 aliphatic carbocycles. The molecule has 1 aliphatic rings. The SMILES string of the molecule is Cc1ncc(C(=O)NCC2CCCNC2)s1. The van der Waals surface area contributed by atoms with Crippen LogP contribution in [-0.4, -0.2) is 30.5 Å². The molecule has 88 valence electrons. The summed E-state index contributed by atoms with van der Waals surface area (Å²) >= 11 is 1.44. The molecule has 1 atom stereocenters. The van der Waals surface area contributed by atoms with Crippen molar-refractivity contribution in [2.24, 2.45) is 5.92 Å². The van der Waals surface area contributed by atoms with E-state index in [-0.39, 0.29) is 5.91 Å². The zero-order chi connectivity index (χ0) is 11.4. The van der Waals surface area contributed by atoms with Gasteiger partial charge in [-0.15, -0.1) is 11.3 Å². The Kier molecular flexibility index (Phi) is 3.90. The summed E-state index contributed by atoms with van der Waals surface area (Å²) in [6, 6.07) is 0. The van der Waals surface area contributed by atoms with Gasteiger partial charge >= 0.3 is 0 Å². The molecule has 1 fully saturated rings. The monoisotopic (exact) mass is 239 g/mol. The average molecular weight is 239 g/mol. The second-order valence-electron chi connectivity index (χ2n) is 4.17. The van der Waals surface area contributed by atoms with Gasteiger partial charge in [-0.3, -0.25) is 4.79 Å². The van der Waals surface area contributed by atoms with Crippen molar-refractivity contribution in [2.75, 3.05) is 19.6 Å². The van der Waals surface area contributed by atoms with Crippen LogP contribution in [0, 0.1) is 12.8 Å². The Morgan fingerprint density at radius 3 is 3.25 bits per heavy atom. The van der Waals surface area contributed by atoms with E-state index in [2.05, 4.69) is 15.6 Å². The minimum atomic E-state index is 0.0103. The number of aryl methyl sites for hydroxylation is 1. The summed E-state index contributed by atoms with van der Waals surface area (Å²) in [6.45, 7) is 4.80. The molecule has 16 heavy (non-hydrogen) atoms. The van der Waals surface area contributed by atoms with Gasteiger partial charge in [0.1, 0.15) is 4.88 Å². The topological polar surface area (TPSA) is 54.0 Å². The van der Waals surface area contributed by atoms with Crippen molar-refractivity contribution in [3.63, 3.8) is 0 Å². The molecule has 5 heteroatoms. The first-order valence-corrected chi connectivity index (χ1v) is 6.48. The van der Waals surface area contributed by atoms with E-state index in [1.165, 1.54) is 24.2 Å². The maximum absolute atomic E-state index is 11.7. The molecule has 1 aromatic heterocycles. The van der Waals surface area contributed by atoms with E-state index in [4.69, 9.17) is 0 Å². The van der Waals surface area contributed by atoms with Gasteiger partial charge in [0.2, 0.25) is 0 Å². The molecule has 1 saturated heterocycles. The minimum Gasteiger partial charge on any atom is -0.351 e. The maximum atomic E-state index is 11.7. The van der Waals surface area contributed by atoms with E-state index in [1.807, 2.05) is 6.92 Å². The summed E-state index contributed by atoms with van der Waals surface area (Å²) in [5.41, 5.74) is 0. The summed E-state index contributed by atoms with van der Waals surface area (Å²) in [5.74, 6) is 0.586. The summed E-state index contributed by atoms with van der Waals surface area (Å²) in [5, 5.41) is 7.25. The molecule has 1 unspecified atom stereocenters. The van der Waals surface area contributed by atoms with Gasteiger partial charge in [0.05, 0.1) is 11.2 Å². The van der Waals surface area contributed by atoms with Crippen molar-refractivity contribution in [1.29, 1.82) is 0 Å². The van der Waals surface area contributed by atoms with Crippen LogP contribution in [0.15, 0.2) is 6.20 Å². The van der Waals surface area contributed by atoms with E-state index in [9.17, 15) is 4.79 Å². The van der Waals surface area contributed by atoms with Crippen LogP contribution in [0.2, 0.25) is 0 Å². The number of rotatable bonds is 3. The fraction of sp³-hybridized carbons (Fsp3) is 0.636. The molecule has 4 nitrogen and oxygen atoms in total. The van der Waals surface area contributed by atoms with Gasteiger partial charge in [0, 0.05) is 6.54 Å². The molecule has 2 heterocycles. The Bertz CT molecular complexity index is 358. The maximum Gasteiger partial charge on any atom is 0.263 e. The summed E-state index contributed by atoms with van der Waals surface area (Å²) in [7, 11) is 0. The lowest BCUT2D eigenvalue weighted by atomic mass is 10.00. The van der Waals surface area contributed by atoms with Crippen molar-refractivity contribution in [2.45, 2.75) is 19.8 Å². The number of carbonyl (C=O) groups is 1. The van der Waals surface area contributed by atoms with Crippen LogP contribution in [0.25, 0.3) is 0 Å². The third-order valence-electron chi connectivity index (χ3n) is 2.80. The predicted molar refractivity (Wildman–Crippen MR) is 64.8 cm³/mol. The molecule has 1 aromatic rings. The van der Waals surface area contributed by atoms with Gasteiger partial charge in [-0.25, -0.2) is 4.98 Å². The summed E-state index contributed by atoms with van der Waals surface area (Å²) in [4.78, 5) is 16.5. The molecule has 2 rings (SSSR count). The molecular weight excluding hydrogens is 222 g/mol. The number of aromatic nitrogens is 1. The van der Waals surface area contributed by atoms with Crippen molar-refractivity contribution >= 4 is 17.2 Å². The van der Waals surface area contributed by atoms with Gasteiger partial charge in [-0.2, -0.15) is 0 Å². The first kappa shape index (κ1) is 11.5. The summed E-state index contributed by atoms with van der Waals surface area (Å²) < 4.78 is 0. The highest BCUT2D eigenvalue weighted by molar-refractivity contribution is 7.13. The lowest BCUT2D eigenvalue weighted by Gasteiger charge is -2.22. The van der Waals surface area contributed by atoms with Gasteiger partial charge in [-0.05, 0) is 38.8 Å². The number of hydrogen-bond donors (Lipinski definition) is 2. The third kappa shape index (κ3) is 3.02. The van der Waals surface area contributed by atoms with Crippen LogP contribution < -0.4 is 10.6 Å². The molecule has 1 aliphatic heterocycles. The fourth-order valence-corrected chi connectivity index (χ4v) is 2.58. The lowest BCUT2D eigenvalue weighted by Crippen LogP contribution is -2.37. The molecule has 0 radical (unpaired) electrons. The quantitative estimate of drug-likeness (QED) is 0.833. The molecule has 0 bridgehead atoms. The second-order valence-corrected chi connectivity index (χ2v) is 5.40. The van der Waals surface area contributed by atoms with Gasteiger partial charge in [0.15, 0.2) is 0 Å². The highest BCUT2D eigenvalue weighted by Gasteiger charge is 2.15. The van der Waals surface area contributed by atoms with Crippen molar-refractivity contribution in [1.82, 2.24) is 15.6 Å². The average Bonchev–Trinajstić information content (AvgIpc) is 2.74. The number of amides is 1. The third-order valence-corrected chi connectivity index (χ3v) is 3.71. The Hall–Kier alpha value is -0.940. The number of thiazole rings is 1. The number of hydrogen-bond acceptors (Lipinski definition) is 4. The minimum absolute atomic E-state index is 0.0103. The van der Waals surface area contributed by atoms with E-state index < -0.39 is 0 Å². The number of piperidine rings is 1. The fourth-order valence-electron chi connectivity index (χ4n) is 1.89. The van der Waals surface area contributed by atoms with E-state index in [1.54, 1.807) is 6.20 Å². The largest absolute Gasteiger partial charge is 0.351 e. The van der Waals surface area contributed by atoms with Crippen LogP contribution in [0.5, 0.6) is 0 Å². The predicted octanol–water partition coefficient (Wildman–Crippen LogP) is 1.18. The number of nitrogens with zero attached hydrogens (tertiary/aromatic N) is 1. The van der Waals surface area contributed by atoms with Gasteiger partial charge in [-0.1, -0.05) is 0 Å². The molecule has 0 aromatic carbocycles. The number of nitrogens with one attached hydrogen (secondary N) is 2. The van der Waals surface area contributed by atoms with E-state index in [0.29, 0.717) is 10.8 Å². The highest BCUT2D eigenvalue weighted by Crippen LogP contribution is 2.12. The Balaban J connectivity index is 1.79. The zero-order valence-electron chi connectivity index (χ0n) is 9.45. The van der Waals surface area contributed by atoms with Crippen LogP contribution in [-0.2, 0) is 0 Å². The lowest BCUT2D eigenvalue weighted by molar-refractivity contribution is 0.0948. The van der Waals surface area contributed by atoms with E-state index in [0.717, 1.165) is 24.6 Å². The second kappa shape index (κ2) is 5.41. The molecule has 0 saturated carbocycles. The number of carbonyl (C=O) groups excluding carboxylic acids is 1. The highest BCUT2D eigenvalue weighted by atomic mass is 32.1. The van der Waals surface area contributed by atoms with E-state index >= 15 is 0 Å². The van der Waals surface area contributed by atoms with Crippen LogP contribution in [0.4, 0.5) is 0 Å². The standard InChI is InChI=1S/C11H17N3OS/c1-8-13-7-10(16-8)11(15)14-6-9-3-2-4-12-5-9/h7,9,12H,2-6H2,1H3,(H,14,15). The first-order chi connectivity index (χ1) is 7.75. The van der Waals surface area contributed by atoms with Gasteiger partial charge < -0.3 is 10.6 Å².